The minimum Gasteiger partial charge on any atom is -0.128 e. The van der Waals surface area contributed by atoms with Crippen molar-refractivity contribution >= 4 is 0 Å². The van der Waals surface area contributed by atoms with Crippen molar-refractivity contribution in [3.8, 4) is 0 Å². The summed E-state index contributed by atoms with van der Waals surface area (Å²) in [5.41, 5.74) is 4.50. The Kier molecular flexibility index (Phi) is 13.9. The van der Waals surface area contributed by atoms with Gasteiger partial charge >= 0.3 is 0 Å². The van der Waals surface area contributed by atoms with Crippen LogP contribution < -0.4 is 0 Å². The molecule has 2 atom stereocenters. The molecule has 116 valence electrons. The predicted molar refractivity (Wildman–Crippen MR) is 95.0 cm³/mol. The van der Waals surface area contributed by atoms with Crippen molar-refractivity contribution in [2.24, 2.45) is 11.3 Å². The zero-order valence-corrected chi connectivity index (χ0v) is 14.8. The van der Waals surface area contributed by atoms with Gasteiger partial charge in [-0.05, 0) is 48.7 Å². The summed E-state index contributed by atoms with van der Waals surface area (Å²) in [5, 5.41) is 0. The van der Waals surface area contributed by atoms with E-state index in [1.165, 1.54) is 19.3 Å². The first-order valence-corrected chi connectivity index (χ1v) is 8.18. The van der Waals surface area contributed by atoms with Gasteiger partial charge in [0.25, 0.3) is 0 Å². The van der Waals surface area contributed by atoms with Gasteiger partial charge in [-0.25, -0.2) is 0 Å². The smallest absolute Gasteiger partial charge is 0.00972 e. The Balaban J connectivity index is 0. The highest BCUT2D eigenvalue weighted by molar-refractivity contribution is 5.16. The lowest BCUT2D eigenvalue weighted by Gasteiger charge is -2.04. The van der Waals surface area contributed by atoms with Gasteiger partial charge < -0.3 is 0 Å². The summed E-state index contributed by atoms with van der Waals surface area (Å²) in [7, 11) is 0. The Morgan fingerprint density at radius 2 is 1.85 bits per heavy atom. The molecule has 0 heteroatoms. The molecule has 2 unspecified atom stereocenters. The minimum absolute atomic E-state index is 0.759. The molecule has 0 aliphatic heterocycles. The Bertz CT molecular complexity index is 315. The summed E-state index contributed by atoms with van der Waals surface area (Å²) < 4.78 is 0. The SMILES string of the molecule is C=C=CC(=C)C/C=C\CC.CC.CCCC1(C)CC1C. The lowest BCUT2D eigenvalue weighted by atomic mass is 10.0. The van der Waals surface area contributed by atoms with Crippen LogP contribution in [-0.4, -0.2) is 0 Å². The summed E-state index contributed by atoms with van der Waals surface area (Å²) in [6.45, 7) is 20.4. The Morgan fingerprint density at radius 3 is 2.15 bits per heavy atom. The average molecular weight is 277 g/mol. The topological polar surface area (TPSA) is 0 Å². The Morgan fingerprint density at radius 1 is 1.30 bits per heavy atom. The van der Waals surface area contributed by atoms with Gasteiger partial charge in [-0.1, -0.05) is 73.3 Å². The molecule has 0 heterocycles. The third kappa shape index (κ3) is 10.9. The maximum atomic E-state index is 3.81. The maximum absolute atomic E-state index is 3.81. The van der Waals surface area contributed by atoms with Crippen LogP contribution in [0.2, 0.25) is 0 Å². The van der Waals surface area contributed by atoms with Gasteiger partial charge in [0.05, 0.1) is 0 Å². The molecule has 0 bridgehead atoms. The first-order chi connectivity index (χ1) is 9.50. The third-order valence-corrected chi connectivity index (χ3v) is 3.71. The van der Waals surface area contributed by atoms with Crippen molar-refractivity contribution < 1.29 is 0 Å². The lowest BCUT2D eigenvalue weighted by molar-refractivity contribution is 0.468. The van der Waals surface area contributed by atoms with Crippen LogP contribution in [0.5, 0.6) is 0 Å². The van der Waals surface area contributed by atoms with Crippen LogP contribution >= 0.6 is 0 Å². The summed E-state index contributed by atoms with van der Waals surface area (Å²) in [4.78, 5) is 0. The van der Waals surface area contributed by atoms with E-state index in [0.717, 1.165) is 29.7 Å². The third-order valence-electron chi connectivity index (χ3n) is 3.71. The molecule has 0 aromatic rings. The largest absolute Gasteiger partial charge is 0.128 e. The number of allylic oxidation sites excluding steroid dienone is 4. The van der Waals surface area contributed by atoms with Crippen LogP contribution in [0.3, 0.4) is 0 Å². The molecule has 1 saturated carbocycles. The van der Waals surface area contributed by atoms with Crippen LogP contribution in [-0.2, 0) is 0 Å². The number of rotatable bonds is 6. The number of hydrogen-bond acceptors (Lipinski definition) is 0. The average Bonchev–Trinajstić information content (AvgIpc) is 3.01. The van der Waals surface area contributed by atoms with E-state index in [4.69, 9.17) is 0 Å². The van der Waals surface area contributed by atoms with E-state index in [2.05, 4.69) is 58.7 Å². The molecule has 1 aliphatic carbocycles. The van der Waals surface area contributed by atoms with E-state index in [1.807, 2.05) is 13.8 Å². The molecule has 20 heavy (non-hydrogen) atoms. The molecular weight excluding hydrogens is 240 g/mol. The molecule has 0 aromatic heterocycles. The van der Waals surface area contributed by atoms with E-state index in [-0.39, 0.29) is 0 Å². The molecule has 0 amide bonds. The molecule has 1 fully saturated rings. The van der Waals surface area contributed by atoms with Gasteiger partial charge in [0, 0.05) is 0 Å². The van der Waals surface area contributed by atoms with Crippen molar-refractivity contribution in [2.45, 2.75) is 73.6 Å². The summed E-state index contributed by atoms with van der Waals surface area (Å²) in [6, 6.07) is 0. The van der Waals surface area contributed by atoms with Crippen LogP contribution in [0, 0.1) is 11.3 Å². The predicted octanol–water partition coefficient (Wildman–Crippen LogP) is 7.10. The fourth-order valence-corrected chi connectivity index (χ4v) is 2.16. The van der Waals surface area contributed by atoms with Crippen molar-refractivity contribution in [3.05, 3.63) is 42.7 Å². The highest BCUT2D eigenvalue weighted by Crippen LogP contribution is 2.54. The molecular formula is C20H36. The zero-order chi connectivity index (χ0) is 16.0. The second-order valence-electron chi connectivity index (χ2n) is 5.60. The summed E-state index contributed by atoms with van der Waals surface area (Å²) >= 11 is 0. The molecule has 0 nitrogen and oxygen atoms in total. The monoisotopic (exact) mass is 276 g/mol. The van der Waals surface area contributed by atoms with Crippen molar-refractivity contribution in [3.63, 3.8) is 0 Å². The van der Waals surface area contributed by atoms with E-state index in [0.29, 0.717) is 0 Å². The van der Waals surface area contributed by atoms with Crippen LogP contribution in [0.15, 0.2) is 42.7 Å². The molecule has 0 aromatic carbocycles. The Hall–Kier alpha value is -1.00. The van der Waals surface area contributed by atoms with Crippen molar-refractivity contribution in [1.29, 1.82) is 0 Å². The van der Waals surface area contributed by atoms with Crippen LogP contribution in [0.4, 0.5) is 0 Å². The van der Waals surface area contributed by atoms with Gasteiger partial charge in [0.15, 0.2) is 0 Å². The highest BCUT2D eigenvalue weighted by atomic mass is 14.5. The molecule has 0 N–H and O–H groups in total. The standard InChI is InChI=1S/C10H14.C8H16.C2H6/c1-4-6-7-9-10(3)8-5-2;1-4-5-8(3)6-7(8)2;1-2/h6-8H,2-4,9H2,1H3;7H,4-6H2,1-3H3;1-2H3/b7-6-;;. The van der Waals surface area contributed by atoms with E-state index in [9.17, 15) is 0 Å². The number of hydrogen-bond donors (Lipinski definition) is 0. The fraction of sp³-hybridized carbons (Fsp3) is 0.650. The molecule has 0 radical (unpaired) electrons. The normalized spacial score (nSPS) is 22.8. The maximum Gasteiger partial charge on any atom is -0.00972 e. The first-order valence-electron chi connectivity index (χ1n) is 8.18. The second kappa shape index (κ2) is 13.0. The highest BCUT2D eigenvalue weighted by Gasteiger charge is 2.44. The molecule has 0 saturated heterocycles. The zero-order valence-electron chi connectivity index (χ0n) is 14.8. The van der Waals surface area contributed by atoms with Gasteiger partial charge in [-0.3, -0.25) is 0 Å². The van der Waals surface area contributed by atoms with Crippen LogP contribution in [0.1, 0.15) is 73.6 Å². The second-order valence-corrected chi connectivity index (χ2v) is 5.60. The van der Waals surface area contributed by atoms with E-state index in [1.54, 1.807) is 6.08 Å². The van der Waals surface area contributed by atoms with Gasteiger partial charge in [0.1, 0.15) is 0 Å². The summed E-state index contributed by atoms with van der Waals surface area (Å²) in [6.07, 6.45) is 12.3. The van der Waals surface area contributed by atoms with Crippen molar-refractivity contribution in [1.82, 2.24) is 0 Å². The quantitative estimate of drug-likeness (QED) is 0.276. The van der Waals surface area contributed by atoms with Gasteiger partial charge in [-0.2, -0.15) is 0 Å². The van der Waals surface area contributed by atoms with Crippen molar-refractivity contribution in [2.75, 3.05) is 0 Å². The van der Waals surface area contributed by atoms with E-state index < -0.39 is 0 Å². The molecule has 1 aliphatic rings. The van der Waals surface area contributed by atoms with Gasteiger partial charge in [0.2, 0.25) is 0 Å². The minimum atomic E-state index is 0.759. The van der Waals surface area contributed by atoms with E-state index >= 15 is 0 Å². The molecule has 1 rings (SSSR count). The fourth-order valence-electron chi connectivity index (χ4n) is 2.16. The first kappa shape index (κ1) is 21.3. The summed E-state index contributed by atoms with van der Waals surface area (Å²) in [5.74, 6) is 1.02. The van der Waals surface area contributed by atoms with Gasteiger partial charge in [-0.15, -0.1) is 5.73 Å². The Labute approximate surface area is 128 Å². The van der Waals surface area contributed by atoms with Crippen LogP contribution in [0.25, 0.3) is 0 Å². The lowest BCUT2D eigenvalue weighted by Crippen LogP contribution is -1.93. The molecule has 0 spiro atoms.